The van der Waals surface area contributed by atoms with Crippen molar-refractivity contribution in [3.8, 4) is 5.75 Å². The van der Waals surface area contributed by atoms with Crippen LogP contribution < -0.4 is 15.6 Å². The Balaban J connectivity index is 1.63. The van der Waals surface area contributed by atoms with Crippen molar-refractivity contribution in [1.82, 2.24) is 14.0 Å². The highest BCUT2D eigenvalue weighted by atomic mass is 32.2. The quantitative estimate of drug-likeness (QED) is 0.638. The average Bonchev–Trinajstić information content (AvgIpc) is 3.45. The highest BCUT2D eigenvalue weighted by molar-refractivity contribution is 7.84. The van der Waals surface area contributed by atoms with Crippen LogP contribution in [-0.2, 0) is 17.2 Å². The van der Waals surface area contributed by atoms with Gasteiger partial charge in [0.2, 0.25) is 0 Å². The molecule has 0 saturated heterocycles. The molecule has 1 saturated carbocycles. The molecule has 1 fully saturated rings. The lowest BCUT2D eigenvalue weighted by Crippen LogP contribution is -2.28. The summed E-state index contributed by atoms with van der Waals surface area (Å²) in [6.45, 7) is 0. The second kappa shape index (κ2) is 7.82. The number of hydrogen-bond donors (Lipinski definition) is 1. The van der Waals surface area contributed by atoms with Crippen LogP contribution in [0.4, 0.5) is 5.69 Å². The second-order valence-electron chi connectivity index (χ2n) is 7.10. The summed E-state index contributed by atoms with van der Waals surface area (Å²) in [4.78, 5) is 29.9. The van der Waals surface area contributed by atoms with Crippen LogP contribution in [0.15, 0.2) is 41.6 Å². The fourth-order valence-electron chi connectivity index (χ4n) is 3.21. The number of imidazole rings is 1. The van der Waals surface area contributed by atoms with Crippen LogP contribution in [0.2, 0.25) is 0 Å². The standard InChI is InChI=1S/C20H22N4O4S/c1-28-17-10-18-21-13(7-9-29(2)27)11-23(18)12-16(17)22-19(25)15-4-3-8-24(20(15)26)14-5-6-14/h3-4,8,10-12,14H,5-7,9H2,1-2H3,(H,22,25). The minimum atomic E-state index is -0.893. The molecule has 1 unspecified atom stereocenters. The minimum Gasteiger partial charge on any atom is -0.494 e. The number of pyridine rings is 2. The Bertz CT molecular complexity index is 1160. The summed E-state index contributed by atoms with van der Waals surface area (Å²) in [6.07, 6.45) is 9.44. The van der Waals surface area contributed by atoms with Crippen LogP contribution in [0, 0.1) is 0 Å². The zero-order valence-electron chi connectivity index (χ0n) is 16.3. The van der Waals surface area contributed by atoms with Gasteiger partial charge in [-0.1, -0.05) is 0 Å². The molecule has 9 heteroatoms. The molecule has 0 radical (unpaired) electrons. The molecule has 29 heavy (non-hydrogen) atoms. The number of fused-ring (bicyclic) bond motifs is 1. The third kappa shape index (κ3) is 4.09. The van der Waals surface area contributed by atoms with E-state index < -0.39 is 16.7 Å². The number of rotatable bonds is 7. The third-order valence-corrected chi connectivity index (χ3v) is 5.66. The molecule has 1 atom stereocenters. The number of aromatic nitrogens is 3. The van der Waals surface area contributed by atoms with Gasteiger partial charge < -0.3 is 19.0 Å². The number of anilines is 1. The van der Waals surface area contributed by atoms with E-state index in [2.05, 4.69) is 10.3 Å². The number of nitrogens with zero attached hydrogens (tertiary/aromatic N) is 3. The summed E-state index contributed by atoms with van der Waals surface area (Å²) in [5.41, 5.74) is 1.71. The van der Waals surface area contributed by atoms with Crippen molar-refractivity contribution in [3.63, 3.8) is 0 Å². The summed E-state index contributed by atoms with van der Waals surface area (Å²) in [6, 6.07) is 5.16. The van der Waals surface area contributed by atoms with Gasteiger partial charge in [-0.05, 0) is 25.0 Å². The van der Waals surface area contributed by atoms with Crippen LogP contribution >= 0.6 is 0 Å². The Labute approximate surface area is 170 Å². The monoisotopic (exact) mass is 414 g/mol. The maximum Gasteiger partial charge on any atom is 0.263 e. The van der Waals surface area contributed by atoms with Gasteiger partial charge in [0.1, 0.15) is 22.6 Å². The number of aryl methyl sites for hydroxylation is 1. The van der Waals surface area contributed by atoms with E-state index in [0.29, 0.717) is 29.3 Å². The zero-order chi connectivity index (χ0) is 20.5. The zero-order valence-corrected chi connectivity index (χ0v) is 17.1. The molecule has 1 aliphatic rings. The molecule has 1 amide bonds. The van der Waals surface area contributed by atoms with E-state index in [1.54, 1.807) is 39.7 Å². The highest BCUT2D eigenvalue weighted by Crippen LogP contribution is 2.33. The largest absolute Gasteiger partial charge is 0.494 e. The first-order valence-corrected chi connectivity index (χ1v) is 11.1. The van der Waals surface area contributed by atoms with Crippen LogP contribution in [0.25, 0.3) is 5.65 Å². The van der Waals surface area contributed by atoms with Gasteiger partial charge in [0.25, 0.3) is 11.5 Å². The van der Waals surface area contributed by atoms with E-state index in [4.69, 9.17) is 4.74 Å². The Morgan fingerprint density at radius 1 is 1.38 bits per heavy atom. The molecule has 0 aromatic carbocycles. The molecular formula is C20H22N4O4S. The summed E-state index contributed by atoms with van der Waals surface area (Å²) in [7, 11) is 0.615. The number of carbonyl (C=O) groups is 1. The molecule has 3 heterocycles. The maximum absolute atomic E-state index is 12.8. The molecule has 3 aromatic heterocycles. The SMILES string of the molecule is COc1cc2nc(CCS(C)=O)cn2cc1NC(=O)c1cccn(C2CC2)c1=O. The lowest BCUT2D eigenvalue weighted by Gasteiger charge is -2.11. The number of carbonyl (C=O) groups excluding carboxylic acids is 1. The first-order chi connectivity index (χ1) is 14.0. The fraction of sp³-hybridized carbons (Fsp3) is 0.350. The van der Waals surface area contributed by atoms with Gasteiger partial charge in [0.05, 0.1) is 12.8 Å². The van der Waals surface area contributed by atoms with Gasteiger partial charge in [0.15, 0.2) is 0 Å². The van der Waals surface area contributed by atoms with Crippen LogP contribution in [0.3, 0.4) is 0 Å². The lowest BCUT2D eigenvalue weighted by molar-refractivity contribution is 0.102. The molecule has 3 aromatic rings. The molecular weight excluding hydrogens is 392 g/mol. The summed E-state index contributed by atoms with van der Waals surface area (Å²) in [5.74, 6) is 0.496. The van der Waals surface area contributed by atoms with E-state index in [9.17, 15) is 13.8 Å². The number of hydrogen-bond acceptors (Lipinski definition) is 5. The molecule has 152 valence electrons. The molecule has 0 bridgehead atoms. The Hall–Kier alpha value is -2.94. The van der Waals surface area contributed by atoms with Gasteiger partial charge in [-0.3, -0.25) is 13.8 Å². The third-order valence-electron chi connectivity index (χ3n) is 4.88. The first kappa shape index (κ1) is 19.4. The molecule has 0 aliphatic heterocycles. The summed E-state index contributed by atoms with van der Waals surface area (Å²) >= 11 is 0. The van der Waals surface area contributed by atoms with E-state index in [1.165, 1.54) is 13.2 Å². The van der Waals surface area contributed by atoms with Crippen molar-refractivity contribution < 1.29 is 13.7 Å². The average molecular weight is 414 g/mol. The van der Waals surface area contributed by atoms with E-state index >= 15 is 0 Å². The van der Waals surface area contributed by atoms with Crippen molar-refractivity contribution in [2.24, 2.45) is 0 Å². The van der Waals surface area contributed by atoms with Gasteiger partial charge >= 0.3 is 0 Å². The van der Waals surface area contributed by atoms with Gasteiger partial charge in [-0.15, -0.1) is 0 Å². The van der Waals surface area contributed by atoms with Crippen molar-refractivity contribution in [3.05, 3.63) is 58.4 Å². The second-order valence-corrected chi connectivity index (χ2v) is 8.65. The van der Waals surface area contributed by atoms with Crippen molar-refractivity contribution in [2.45, 2.75) is 25.3 Å². The topological polar surface area (TPSA) is 94.7 Å². The van der Waals surface area contributed by atoms with E-state index in [-0.39, 0.29) is 17.2 Å². The molecule has 8 nitrogen and oxygen atoms in total. The first-order valence-electron chi connectivity index (χ1n) is 9.34. The number of ether oxygens (including phenoxy) is 1. The van der Waals surface area contributed by atoms with Crippen molar-refractivity contribution in [1.29, 1.82) is 0 Å². The van der Waals surface area contributed by atoms with Gasteiger partial charge in [-0.25, -0.2) is 4.98 Å². The van der Waals surface area contributed by atoms with E-state index in [1.807, 2.05) is 6.20 Å². The molecule has 4 rings (SSSR count). The van der Waals surface area contributed by atoms with E-state index in [0.717, 1.165) is 18.5 Å². The smallest absolute Gasteiger partial charge is 0.263 e. The minimum absolute atomic E-state index is 0.0956. The normalized spacial score (nSPS) is 14.7. The predicted octanol–water partition coefficient (Wildman–Crippen LogP) is 2.01. The summed E-state index contributed by atoms with van der Waals surface area (Å²) < 4.78 is 20.1. The maximum atomic E-state index is 12.8. The van der Waals surface area contributed by atoms with Crippen molar-refractivity contribution >= 4 is 28.0 Å². The Morgan fingerprint density at radius 2 is 2.17 bits per heavy atom. The number of methoxy groups -OCH3 is 1. The Kier molecular flexibility index (Phi) is 5.23. The van der Waals surface area contributed by atoms with Crippen LogP contribution in [0.1, 0.15) is 34.9 Å². The van der Waals surface area contributed by atoms with Gasteiger partial charge in [0, 0.05) is 59.9 Å². The lowest BCUT2D eigenvalue weighted by atomic mass is 10.2. The molecule has 0 spiro atoms. The van der Waals surface area contributed by atoms with Crippen molar-refractivity contribution in [2.75, 3.05) is 24.4 Å². The summed E-state index contributed by atoms with van der Waals surface area (Å²) in [5, 5.41) is 2.78. The van der Waals surface area contributed by atoms with Crippen LogP contribution in [-0.4, -0.2) is 43.2 Å². The number of nitrogens with one attached hydrogen (secondary N) is 1. The highest BCUT2D eigenvalue weighted by Gasteiger charge is 2.26. The molecule has 1 aliphatic carbocycles. The van der Waals surface area contributed by atoms with Crippen LogP contribution in [0.5, 0.6) is 5.75 Å². The number of amides is 1. The Morgan fingerprint density at radius 3 is 2.86 bits per heavy atom. The molecule has 1 N–H and O–H groups in total. The fourth-order valence-corrected chi connectivity index (χ4v) is 3.71. The van der Waals surface area contributed by atoms with Gasteiger partial charge in [-0.2, -0.15) is 0 Å². The predicted molar refractivity (Wildman–Crippen MR) is 111 cm³/mol.